The third-order valence-corrected chi connectivity index (χ3v) is 16.6. The SMILES string of the molecule is c1ccc(-c2cc(-n3c4ccc(N(c5ccccc5)c5cccc(-n6c7ccccc7c7ccccc76)c5)cc4c4ccc5c6cc7c8ccccc8c8ccccc8c7cc6sc5c43)nc(-c3ccccc3)n2)cc1. The maximum atomic E-state index is 5.52. The predicted octanol–water partition coefficient (Wildman–Crippen LogP) is 19.3. The van der Waals surface area contributed by atoms with Crippen molar-refractivity contribution in [3.8, 4) is 34.2 Å². The molecule has 0 amide bonds. The van der Waals surface area contributed by atoms with Gasteiger partial charge in [-0.1, -0.05) is 182 Å². The lowest BCUT2D eigenvalue weighted by molar-refractivity contribution is 1.05. The van der Waals surface area contributed by atoms with E-state index >= 15 is 0 Å². The molecule has 0 aliphatic carbocycles. The second-order valence-electron chi connectivity index (χ2n) is 19.7. The fourth-order valence-electron chi connectivity index (χ4n) is 12.1. The fourth-order valence-corrected chi connectivity index (χ4v) is 13.4. The number of fused-ring (bicyclic) bond motifs is 16. The molecular weight excluding hydrogens is 943 g/mol. The van der Waals surface area contributed by atoms with Gasteiger partial charge < -0.3 is 9.47 Å². The zero-order valence-corrected chi connectivity index (χ0v) is 41.8. The molecule has 0 fully saturated rings. The minimum absolute atomic E-state index is 0.676. The van der Waals surface area contributed by atoms with Gasteiger partial charge in [-0.05, 0) is 105 Å². The van der Waals surface area contributed by atoms with E-state index < -0.39 is 0 Å². The smallest absolute Gasteiger partial charge is 0.162 e. The summed E-state index contributed by atoms with van der Waals surface area (Å²) in [6, 6.07) is 94.5. The van der Waals surface area contributed by atoms with Gasteiger partial charge in [-0.2, -0.15) is 0 Å². The Hall–Kier alpha value is -9.88. The molecule has 0 spiro atoms. The molecule has 0 saturated heterocycles. The third kappa shape index (κ3) is 6.51. The van der Waals surface area contributed by atoms with Gasteiger partial charge in [-0.3, -0.25) is 4.57 Å². The van der Waals surface area contributed by atoms with Crippen molar-refractivity contribution in [2.24, 2.45) is 0 Å². The zero-order chi connectivity index (χ0) is 49.8. The maximum Gasteiger partial charge on any atom is 0.162 e. The van der Waals surface area contributed by atoms with Gasteiger partial charge in [0.25, 0.3) is 0 Å². The standard InChI is InChI=1S/C70H43N5S/c1-4-19-44(20-5-1)62-43-67(72-70(71-62)45-21-6-2-7-22-45)75-65-38-35-49(73(46-23-8-3-9-24-46)47-25-18-26-48(39-47)74-63-33-16-14-31-54(63)55-32-15-17-34-64(55)74)40-60(65)56-36-37-57-61-41-58-52-29-12-10-27-50(52)51-28-11-13-30-53(51)59(58)42-66(61)76-69(57)68(56)75/h1-43H. The highest BCUT2D eigenvalue weighted by Gasteiger charge is 2.24. The van der Waals surface area contributed by atoms with Crippen molar-refractivity contribution < 1.29 is 0 Å². The zero-order valence-electron chi connectivity index (χ0n) is 41.0. The molecule has 5 nitrogen and oxygen atoms in total. The van der Waals surface area contributed by atoms with Crippen LogP contribution >= 0.6 is 11.3 Å². The first-order valence-corrected chi connectivity index (χ1v) is 26.6. The first kappa shape index (κ1) is 42.6. The molecule has 16 rings (SSSR count). The highest BCUT2D eigenvalue weighted by Crippen LogP contribution is 2.48. The number of aromatic nitrogens is 4. The molecule has 0 aliphatic heterocycles. The summed E-state index contributed by atoms with van der Waals surface area (Å²) in [6.07, 6.45) is 0. The van der Waals surface area contributed by atoms with Gasteiger partial charge in [0.2, 0.25) is 0 Å². The summed E-state index contributed by atoms with van der Waals surface area (Å²) in [5.41, 5.74) is 11.7. The minimum atomic E-state index is 0.676. The summed E-state index contributed by atoms with van der Waals surface area (Å²) in [6.45, 7) is 0. The number of rotatable bonds is 7. The number of anilines is 3. The van der Waals surface area contributed by atoms with Crippen molar-refractivity contribution in [3.63, 3.8) is 0 Å². The Bertz CT molecular complexity index is 4890. The number of nitrogens with zero attached hydrogens (tertiary/aromatic N) is 5. The molecule has 0 aliphatic rings. The van der Waals surface area contributed by atoms with Gasteiger partial charge in [-0.25, -0.2) is 9.97 Å². The monoisotopic (exact) mass is 985 g/mol. The largest absolute Gasteiger partial charge is 0.310 e. The average molecular weight is 986 g/mol. The number of thiophene rings is 1. The Morgan fingerprint density at radius 1 is 0.316 bits per heavy atom. The first-order valence-electron chi connectivity index (χ1n) is 25.8. The number of hydrogen-bond donors (Lipinski definition) is 0. The van der Waals surface area contributed by atoms with E-state index in [9.17, 15) is 0 Å². The van der Waals surface area contributed by atoms with Crippen LogP contribution in [-0.2, 0) is 0 Å². The van der Waals surface area contributed by atoms with Crippen molar-refractivity contribution in [2.45, 2.75) is 0 Å². The van der Waals surface area contributed by atoms with Crippen molar-refractivity contribution >= 4 is 125 Å². The molecule has 6 heteroatoms. The molecule has 16 aromatic rings. The van der Waals surface area contributed by atoms with Crippen LogP contribution < -0.4 is 4.90 Å². The van der Waals surface area contributed by atoms with E-state index in [1.807, 2.05) is 17.4 Å². The van der Waals surface area contributed by atoms with Crippen LogP contribution in [0.15, 0.2) is 261 Å². The Balaban J connectivity index is 0.977. The first-order chi connectivity index (χ1) is 37.7. The molecule has 0 bridgehead atoms. The van der Waals surface area contributed by atoms with E-state index in [2.05, 4.69) is 269 Å². The van der Waals surface area contributed by atoms with Crippen LogP contribution in [0.5, 0.6) is 0 Å². The molecule has 0 unspecified atom stereocenters. The van der Waals surface area contributed by atoms with Gasteiger partial charge in [0.05, 0.1) is 32.5 Å². The number of hydrogen-bond acceptors (Lipinski definition) is 4. The lowest BCUT2D eigenvalue weighted by Gasteiger charge is -2.26. The van der Waals surface area contributed by atoms with Gasteiger partial charge in [-0.15, -0.1) is 11.3 Å². The van der Waals surface area contributed by atoms with Crippen molar-refractivity contribution in [3.05, 3.63) is 261 Å². The second kappa shape index (κ2) is 16.8. The molecule has 354 valence electrons. The molecule has 0 saturated carbocycles. The lowest BCUT2D eigenvalue weighted by Crippen LogP contribution is -2.10. The third-order valence-electron chi connectivity index (χ3n) is 15.5. The number of para-hydroxylation sites is 3. The van der Waals surface area contributed by atoms with Crippen LogP contribution in [0.3, 0.4) is 0 Å². The van der Waals surface area contributed by atoms with Crippen LogP contribution in [0.4, 0.5) is 17.1 Å². The van der Waals surface area contributed by atoms with E-state index in [1.165, 1.54) is 74.3 Å². The van der Waals surface area contributed by atoms with Crippen molar-refractivity contribution in [1.82, 2.24) is 19.1 Å². The molecule has 0 atom stereocenters. The Kier molecular flexibility index (Phi) is 9.44. The summed E-state index contributed by atoms with van der Waals surface area (Å²) in [5, 5.41) is 14.9. The molecular formula is C70H43N5S. The summed E-state index contributed by atoms with van der Waals surface area (Å²) < 4.78 is 7.28. The van der Waals surface area contributed by atoms with Crippen LogP contribution in [0.2, 0.25) is 0 Å². The Labute approximate surface area is 441 Å². The Morgan fingerprint density at radius 3 is 1.54 bits per heavy atom. The molecule has 12 aromatic carbocycles. The lowest BCUT2D eigenvalue weighted by atomic mass is 9.93. The maximum absolute atomic E-state index is 5.52. The number of benzene rings is 12. The van der Waals surface area contributed by atoms with Gasteiger partial charge in [0.15, 0.2) is 5.82 Å². The van der Waals surface area contributed by atoms with Crippen LogP contribution in [0.25, 0.3) is 130 Å². The minimum Gasteiger partial charge on any atom is -0.310 e. The molecule has 4 heterocycles. The molecule has 4 aromatic heterocycles. The summed E-state index contributed by atoms with van der Waals surface area (Å²) in [7, 11) is 0. The summed E-state index contributed by atoms with van der Waals surface area (Å²) in [4.78, 5) is 13.2. The van der Waals surface area contributed by atoms with E-state index in [1.54, 1.807) is 0 Å². The van der Waals surface area contributed by atoms with E-state index in [-0.39, 0.29) is 0 Å². The van der Waals surface area contributed by atoms with Crippen LogP contribution in [-0.4, -0.2) is 19.1 Å². The molecule has 0 radical (unpaired) electrons. The van der Waals surface area contributed by atoms with Crippen molar-refractivity contribution in [2.75, 3.05) is 4.90 Å². The van der Waals surface area contributed by atoms with Gasteiger partial charge in [0, 0.05) is 77.0 Å². The highest BCUT2D eigenvalue weighted by molar-refractivity contribution is 7.26. The highest BCUT2D eigenvalue weighted by atomic mass is 32.1. The van der Waals surface area contributed by atoms with E-state index in [0.717, 1.165) is 67.2 Å². The average Bonchev–Trinajstić information content (AvgIpc) is 4.21. The predicted molar refractivity (Wildman–Crippen MR) is 322 cm³/mol. The van der Waals surface area contributed by atoms with E-state index in [4.69, 9.17) is 9.97 Å². The van der Waals surface area contributed by atoms with Gasteiger partial charge in [0.1, 0.15) is 5.82 Å². The van der Waals surface area contributed by atoms with Crippen LogP contribution in [0, 0.1) is 0 Å². The van der Waals surface area contributed by atoms with Crippen LogP contribution in [0.1, 0.15) is 0 Å². The van der Waals surface area contributed by atoms with Crippen molar-refractivity contribution in [1.29, 1.82) is 0 Å². The quantitative estimate of drug-likeness (QED) is 0.149. The summed E-state index contributed by atoms with van der Waals surface area (Å²) >= 11 is 1.87. The normalized spacial score (nSPS) is 11.9. The van der Waals surface area contributed by atoms with Gasteiger partial charge >= 0.3 is 0 Å². The van der Waals surface area contributed by atoms with E-state index in [0.29, 0.717) is 5.82 Å². The second-order valence-corrected chi connectivity index (χ2v) is 20.7. The topological polar surface area (TPSA) is 38.9 Å². The summed E-state index contributed by atoms with van der Waals surface area (Å²) in [5.74, 6) is 1.49. The fraction of sp³-hybridized carbons (Fsp3) is 0. The molecule has 76 heavy (non-hydrogen) atoms. The Morgan fingerprint density at radius 2 is 0.855 bits per heavy atom. The molecule has 0 N–H and O–H groups in total.